The lowest BCUT2D eigenvalue weighted by Gasteiger charge is -2.06. The van der Waals surface area contributed by atoms with Crippen LogP contribution < -0.4 is 5.73 Å². The van der Waals surface area contributed by atoms with Crippen molar-refractivity contribution in [1.29, 1.82) is 0 Å². The van der Waals surface area contributed by atoms with Gasteiger partial charge in [-0.05, 0) is 24.5 Å². The van der Waals surface area contributed by atoms with Crippen LogP contribution in [0.15, 0.2) is 24.3 Å². The molecular weight excluding hydrogens is 234 g/mol. The number of halogens is 1. The summed E-state index contributed by atoms with van der Waals surface area (Å²) in [6.07, 6.45) is 7.19. The Morgan fingerprint density at radius 2 is 1.76 bits per heavy atom. The molecule has 0 saturated heterocycles. The van der Waals surface area contributed by atoms with E-state index in [2.05, 4.69) is 6.92 Å². The van der Waals surface area contributed by atoms with Gasteiger partial charge < -0.3 is 5.73 Å². The first kappa shape index (κ1) is 16.0. The standard InChI is InChI=1S/C14H21NO.ClH/c1-2-3-4-5-6-9-12-10-7-8-11-13(12)14(15)16;/h7-8,10-11H,2-6,9H2,1H3,(H2,15,16);1H. The molecule has 17 heavy (non-hydrogen) atoms. The Hall–Kier alpha value is -1.02. The molecule has 0 bridgehead atoms. The number of unbranched alkanes of at least 4 members (excludes halogenated alkanes) is 4. The number of rotatable bonds is 7. The number of carbonyl (C=O) groups excluding carboxylic acids is 1. The Labute approximate surface area is 110 Å². The van der Waals surface area contributed by atoms with E-state index in [9.17, 15) is 4.79 Å². The minimum atomic E-state index is -0.316. The minimum Gasteiger partial charge on any atom is -0.366 e. The van der Waals surface area contributed by atoms with Crippen LogP contribution in [-0.4, -0.2) is 5.91 Å². The average molecular weight is 256 g/mol. The van der Waals surface area contributed by atoms with Crippen molar-refractivity contribution in [3.8, 4) is 0 Å². The van der Waals surface area contributed by atoms with Crippen LogP contribution in [0.25, 0.3) is 0 Å². The summed E-state index contributed by atoms with van der Waals surface area (Å²) in [4.78, 5) is 11.2. The molecule has 1 amide bonds. The molecule has 0 saturated carbocycles. The van der Waals surface area contributed by atoms with Crippen LogP contribution in [0, 0.1) is 0 Å². The second-order valence-electron chi connectivity index (χ2n) is 4.19. The number of carbonyl (C=O) groups is 1. The normalized spacial score (nSPS) is 9.71. The fourth-order valence-corrected chi connectivity index (χ4v) is 1.90. The molecule has 3 heteroatoms. The highest BCUT2D eigenvalue weighted by molar-refractivity contribution is 5.94. The summed E-state index contributed by atoms with van der Waals surface area (Å²) in [6, 6.07) is 7.64. The van der Waals surface area contributed by atoms with Gasteiger partial charge in [0.2, 0.25) is 5.91 Å². The Kier molecular flexibility index (Phi) is 8.51. The van der Waals surface area contributed by atoms with Crippen LogP contribution in [0.5, 0.6) is 0 Å². The molecule has 0 spiro atoms. The molecular formula is C14H22ClNO. The van der Waals surface area contributed by atoms with Gasteiger partial charge in [0, 0.05) is 5.56 Å². The quantitative estimate of drug-likeness (QED) is 0.742. The zero-order chi connectivity index (χ0) is 11.8. The largest absolute Gasteiger partial charge is 0.366 e. The first-order valence-electron chi connectivity index (χ1n) is 6.13. The molecule has 0 aliphatic rings. The topological polar surface area (TPSA) is 43.1 Å². The van der Waals surface area contributed by atoms with Crippen LogP contribution in [0.3, 0.4) is 0 Å². The maximum absolute atomic E-state index is 11.2. The molecule has 96 valence electrons. The lowest BCUT2D eigenvalue weighted by Crippen LogP contribution is -2.13. The molecule has 0 fully saturated rings. The van der Waals surface area contributed by atoms with E-state index < -0.39 is 0 Å². The van der Waals surface area contributed by atoms with Crippen LogP contribution in [0.1, 0.15) is 54.9 Å². The average Bonchev–Trinajstić information content (AvgIpc) is 2.29. The summed E-state index contributed by atoms with van der Waals surface area (Å²) in [5.74, 6) is -0.316. The van der Waals surface area contributed by atoms with Gasteiger partial charge in [0.25, 0.3) is 0 Å². The van der Waals surface area contributed by atoms with E-state index in [0.717, 1.165) is 18.4 Å². The van der Waals surface area contributed by atoms with E-state index >= 15 is 0 Å². The number of nitrogens with two attached hydrogens (primary N) is 1. The highest BCUT2D eigenvalue weighted by Crippen LogP contribution is 2.13. The highest BCUT2D eigenvalue weighted by atomic mass is 35.5. The van der Waals surface area contributed by atoms with Crippen molar-refractivity contribution in [2.24, 2.45) is 5.73 Å². The molecule has 0 aliphatic heterocycles. The van der Waals surface area contributed by atoms with Crippen LogP contribution >= 0.6 is 12.4 Å². The fourth-order valence-electron chi connectivity index (χ4n) is 1.90. The fraction of sp³-hybridized carbons (Fsp3) is 0.500. The monoisotopic (exact) mass is 255 g/mol. The summed E-state index contributed by atoms with van der Waals surface area (Å²) < 4.78 is 0. The van der Waals surface area contributed by atoms with Gasteiger partial charge in [0.05, 0.1) is 0 Å². The van der Waals surface area contributed by atoms with Gasteiger partial charge in [0.1, 0.15) is 0 Å². The van der Waals surface area contributed by atoms with E-state index in [-0.39, 0.29) is 18.3 Å². The number of amides is 1. The molecule has 0 atom stereocenters. The van der Waals surface area contributed by atoms with Crippen molar-refractivity contribution in [3.63, 3.8) is 0 Å². The molecule has 2 N–H and O–H groups in total. The summed E-state index contributed by atoms with van der Waals surface area (Å²) in [7, 11) is 0. The van der Waals surface area contributed by atoms with Gasteiger partial charge in [-0.15, -0.1) is 12.4 Å². The van der Waals surface area contributed by atoms with Gasteiger partial charge in [-0.1, -0.05) is 50.8 Å². The summed E-state index contributed by atoms with van der Waals surface area (Å²) in [6.45, 7) is 2.21. The van der Waals surface area contributed by atoms with Gasteiger partial charge in [0.15, 0.2) is 0 Å². The van der Waals surface area contributed by atoms with Crippen LogP contribution in [0.4, 0.5) is 0 Å². The number of benzene rings is 1. The van der Waals surface area contributed by atoms with Crippen molar-refractivity contribution >= 4 is 18.3 Å². The van der Waals surface area contributed by atoms with Gasteiger partial charge in [-0.3, -0.25) is 4.79 Å². The Bertz CT molecular complexity index is 339. The van der Waals surface area contributed by atoms with Crippen molar-refractivity contribution in [3.05, 3.63) is 35.4 Å². The summed E-state index contributed by atoms with van der Waals surface area (Å²) in [5.41, 5.74) is 7.10. The summed E-state index contributed by atoms with van der Waals surface area (Å²) in [5, 5.41) is 0. The molecule has 1 rings (SSSR count). The molecule has 1 aromatic rings. The smallest absolute Gasteiger partial charge is 0.248 e. The zero-order valence-electron chi connectivity index (χ0n) is 10.4. The Morgan fingerprint density at radius 3 is 2.41 bits per heavy atom. The Morgan fingerprint density at radius 1 is 1.12 bits per heavy atom. The molecule has 0 aromatic heterocycles. The Balaban J connectivity index is 0.00000256. The first-order chi connectivity index (χ1) is 7.75. The molecule has 2 nitrogen and oxygen atoms in total. The van der Waals surface area contributed by atoms with Crippen molar-refractivity contribution < 1.29 is 4.79 Å². The third kappa shape index (κ3) is 5.73. The third-order valence-corrected chi connectivity index (χ3v) is 2.83. The predicted octanol–water partition coefficient (Wildman–Crippen LogP) is 3.72. The van der Waals surface area contributed by atoms with Gasteiger partial charge in [-0.25, -0.2) is 0 Å². The number of aryl methyl sites for hydroxylation is 1. The zero-order valence-corrected chi connectivity index (χ0v) is 11.3. The molecule has 0 radical (unpaired) electrons. The number of primary amides is 1. The van der Waals surface area contributed by atoms with Gasteiger partial charge in [-0.2, -0.15) is 0 Å². The maximum Gasteiger partial charge on any atom is 0.248 e. The summed E-state index contributed by atoms with van der Waals surface area (Å²) >= 11 is 0. The molecule has 0 heterocycles. The van der Waals surface area contributed by atoms with Gasteiger partial charge >= 0.3 is 0 Å². The van der Waals surface area contributed by atoms with E-state index in [1.165, 1.54) is 25.7 Å². The second kappa shape index (κ2) is 9.06. The van der Waals surface area contributed by atoms with E-state index in [1.54, 1.807) is 0 Å². The van der Waals surface area contributed by atoms with Crippen LogP contribution in [-0.2, 0) is 6.42 Å². The minimum absolute atomic E-state index is 0. The van der Waals surface area contributed by atoms with E-state index in [1.807, 2.05) is 24.3 Å². The maximum atomic E-state index is 11.2. The first-order valence-corrected chi connectivity index (χ1v) is 6.13. The molecule has 1 aromatic carbocycles. The second-order valence-corrected chi connectivity index (χ2v) is 4.19. The molecule has 0 unspecified atom stereocenters. The third-order valence-electron chi connectivity index (χ3n) is 2.83. The highest BCUT2D eigenvalue weighted by Gasteiger charge is 2.05. The molecule has 0 aliphatic carbocycles. The lowest BCUT2D eigenvalue weighted by molar-refractivity contribution is 0.0999. The SMILES string of the molecule is CCCCCCCc1ccccc1C(N)=O.Cl. The van der Waals surface area contributed by atoms with Crippen LogP contribution in [0.2, 0.25) is 0 Å². The predicted molar refractivity (Wildman–Crippen MR) is 74.7 cm³/mol. The number of hydrogen-bond acceptors (Lipinski definition) is 1. The van der Waals surface area contributed by atoms with Crippen molar-refractivity contribution in [2.45, 2.75) is 45.4 Å². The van der Waals surface area contributed by atoms with E-state index in [4.69, 9.17) is 5.73 Å². The van der Waals surface area contributed by atoms with Crippen molar-refractivity contribution in [2.75, 3.05) is 0 Å². The van der Waals surface area contributed by atoms with Crippen molar-refractivity contribution in [1.82, 2.24) is 0 Å². The lowest BCUT2D eigenvalue weighted by atomic mass is 10.0. The number of hydrogen-bond donors (Lipinski definition) is 1. The van der Waals surface area contributed by atoms with E-state index in [0.29, 0.717) is 5.56 Å².